The van der Waals surface area contributed by atoms with Gasteiger partial charge in [0.1, 0.15) is 6.54 Å². The van der Waals surface area contributed by atoms with Gasteiger partial charge in [-0.2, -0.15) is 18.3 Å². The van der Waals surface area contributed by atoms with Crippen LogP contribution < -0.4 is 10.6 Å². The molecule has 116 valence electrons. The number of amides is 1. The highest BCUT2D eigenvalue weighted by Gasteiger charge is 2.53. The fourth-order valence-corrected chi connectivity index (χ4v) is 2.85. The maximum atomic E-state index is 12.4. The van der Waals surface area contributed by atoms with Crippen molar-refractivity contribution in [2.24, 2.45) is 11.3 Å². The lowest BCUT2D eigenvalue weighted by Crippen LogP contribution is -2.42. The summed E-state index contributed by atoms with van der Waals surface area (Å²) in [6, 6.07) is 1.35. The van der Waals surface area contributed by atoms with Gasteiger partial charge in [0.15, 0.2) is 5.82 Å². The summed E-state index contributed by atoms with van der Waals surface area (Å²) in [7, 11) is 0. The van der Waals surface area contributed by atoms with Gasteiger partial charge in [0.05, 0.1) is 18.6 Å². The second kappa shape index (κ2) is 4.99. The number of carbonyl (C=O) groups is 1. The number of nitrogens with one attached hydrogen (secondary N) is 2. The van der Waals surface area contributed by atoms with Crippen LogP contribution in [0.3, 0.4) is 0 Å². The number of fused-ring (bicyclic) bond motifs is 1. The van der Waals surface area contributed by atoms with Crippen molar-refractivity contribution < 1.29 is 22.7 Å². The van der Waals surface area contributed by atoms with Crippen LogP contribution in [0.5, 0.6) is 0 Å². The number of hydrogen-bond donors (Lipinski definition) is 2. The Morgan fingerprint density at radius 1 is 1.62 bits per heavy atom. The summed E-state index contributed by atoms with van der Waals surface area (Å²) in [5.41, 5.74) is -0.645. The van der Waals surface area contributed by atoms with Crippen LogP contribution in [-0.2, 0) is 16.1 Å². The Morgan fingerprint density at radius 2 is 2.43 bits per heavy atom. The first-order valence-corrected chi connectivity index (χ1v) is 6.59. The van der Waals surface area contributed by atoms with E-state index >= 15 is 0 Å². The number of carbonyl (C=O) groups excluding carboxylic acids is 1. The smallest absolute Gasteiger partial charge is 0.380 e. The molecule has 0 saturated carbocycles. The van der Waals surface area contributed by atoms with E-state index in [1.54, 1.807) is 0 Å². The molecule has 9 heteroatoms. The molecule has 0 aliphatic carbocycles. The van der Waals surface area contributed by atoms with E-state index in [0.29, 0.717) is 26.3 Å². The number of rotatable bonds is 3. The van der Waals surface area contributed by atoms with E-state index in [0.717, 1.165) is 4.68 Å². The molecule has 0 spiro atoms. The molecule has 2 N–H and O–H groups in total. The van der Waals surface area contributed by atoms with E-state index < -0.39 is 18.1 Å². The van der Waals surface area contributed by atoms with Crippen molar-refractivity contribution in [2.75, 3.05) is 31.6 Å². The van der Waals surface area contributed by atoms with E-state index in [9.17, 15) is 18.0 Å². The van der Waals surface area contributed by atoms with Crippen LogP contribution >= 0.6 is 0 Å². The Hall–Kier alpha value is -1.61. The van der Waals surface area contributed by atoms with Gasteiger partial charge in [0.25, 0.3) is 0 Å². The molecule has 0 aromatic carbocycles. The molecule has 6 nitrogen and oxygen atoms in total. The number of ether oxygens (including phenoxy) is 1. The summed E-state index contributed by atoms with van der Waals surface area (Å²) in [4.78, 5) is 12.4. The molecule has 1 aromatic heterocycles. The summed E-state index contributed by atoms with van der Waals surface area (Å²) in [5.74, 6) is -0.0433. The standard InChI is InChI=1S/C12H15F3N4O2/c13-12(14,15)6-19-2-1-9(18-19)17-10(20)11-5-16-3-8(11)4-21-7-11/h1-2,8,16H,3-7H2,(H,17,18,20)/t8-,11-/m0/s1. The number of nitrogens with zero attached hydrogens (tertiary/aromatic N) is 2. The lowest BCUT2D eigenvalue weighted by molar-refractivity contribution is -0.142. The molecule has 0 radical (unpaired) electrons. The molecule has 3 rings (SSSR count). The normalized spacial score (nSPS) is 28.6. The topological polar surface area (TPSA) is 68.2 Å². The Morgan fingerprint density at radius 3 is 3.19 bits per heavy atom. The van der Waals surface area contributed by atoms with Gasteiger partial charge in [0, 0.05) is 31.3 Å². The number of anilines is 1. The number of aromatic nitrogens is 2. The second-order valence-corrected chi connectivity index (χ2v) is 5.47. The predicted molar refractivity (Wildman–Crippen MR) is 66.5 cm³/mol. The van der Waals surface area contributed by atoms with Gasteiger partial charge in [-0.25, -0.2) is 0 Å². The van der Waals surface area contributed by atoms with Gasteiger partial charge in [-0.1, -0.05) is 0 Å². The van der Waals surface area contributed by atoms with E-state index in [1.807, 2.05) is 0 Å². The van der Waals surface area contributed by atoms with Gasteiger partial charge in [0.2, 0.25) is 5.91 Å². The van der Waals surface area contributed by atoms with E-state index in [1.165, 1.54) is 12.3 Å². The zero-order chi connectivity index (χ0) is 15.1. The van der Waals surface area contributed by atoms with Gasteiger partial charge in [-0.05, 0) is 0 Å². The Labute approximate surface area is 118 Å². The molecule has 2 fully saturated rings. The monoisotopic (exact) mass is 304 g/mol. The maximum Gasteiger partial charge on any atom is 0.408 e. The number of halogens is 3. The van der Waals surface area contributed by atoms with Crippen molar-refractivity contribution in [1.29, 1.82) is 0 Å². The highest BCUT2D eigenvalue weighted by atomic mass is 19.4. The molecule has 3 heterocycles. The summed E-state index contributed by atoms with van der Waals surface area (Å²) in [5, 5.41) is 9.47. The van der Waals surface area contributed by atoms with Crippen LogP contribution in [0.1, 0.15) is 0 Å². The third kappa shape index (κ3) is 2.75. The molecule has 2 aliphatic heterocycles. The van der Waals surface area contributed by atoms with Crippen LogP contribution in [0, 0.1) is 11.3 Å². The minimum atomic E-state index is -4.34. The molecule has 1 amide bonds. The van der Waals surface area contributed by atoms with E-state index in [-0.39, 0.29) is 17.6 Å². The predicted octanol–water partition coefficient (Wildman–Crippen LogP) is 0.620. The van der Waals surface area contributed by atoms with E-state index in [2.05, 4.69) is 15.7 Å². The molecule has 2 aliphatic rings. The highest BCUT2D eigenvalue weighted by molar-refractivity contribution is 5.95. The van der Waals surface area contributed by atoms with E-state index in [4.69, 9.17) is 4.74 Å². The molecular formula is C12H15F3N4O2. The van der Waals surface area contributed by atoms with Crippen LogP contribution in [0.2, 0.25) is 0 Å². The van der Waals surface area contributed by atoms with Gasteiger partial charge >= 0.3 is 6.18 Å². The summed E-state index contributed by atoms with van der Waals surface area (Å²) in [6.45, 7) is 0.868. The largest absolute Gasteiger partial charge is 0.408 e. The highest BCUT2D eigenvalue weighted by Crippen LogP contribution is 2.38. The second-order valence-electron chi connectivity index (χ2n) is 5.47. The molecule has 0 unspecified atom stereocenters. The zero-order valence-electron chi connectivity index (χ0n) is 11.1. The fraction of sp³-hybridized carbons (Fsp3) is 0.667. The SMILES string of the molecule is O=C(Nc1ccn(CC(F)(F)F)n1)[C@]12CNC[C@H]1COC2. The van der Waals surface area contributed by atoms with Crippen molar-refractivity contribution in [3.05, 3.63) is 12.3 Å². The molecule has 2 atom stereocenters. The first kappa shape index (κ1) is 14.3. The number of hydrogen-bond acceptors (Lipinski definition) is 4. The maximum absolute atomic E-state index is 12.4. The molecule has 2 saturated heterocycles. The van der Waals surface area contributed by atoms with Crippen LogP contribution in [0.15, 0.2) is 12.3 Å². The third-order valence-corrected chi connectivity index (χ3v) is 3.97. The van der Waals surface area contributed by atoms with Gasteiger partial charge in [-0.15, -0.1) is 0 Å². The Bertz CT molecular complexity index is 533. The first-order valence-electron chi connectivity index (χ1n) is 6.59. The zero-order valence-corrected chi connectivity index (χ0v) is 11.1. The summed E-state index contributed by atoms with van der Waals surface area (Å²) in [6.07, 6.45) is -3.15. The van der Waals surface area contributed by atoms with Crippen molar-refractivity contribution in [1.82, 2.24) is 15.1 Å². The third-order valence-electron chi connectivity index (χ3n) is 3.97. The molecule has 0 bridgehead atoms. The molecule has 1 aromatic rings. The first-order chi connectivity index (χ1) is 9.89. The fourth-order valence-electron chi connectivity index (χ4n) is 2.85. The summed E-state index contributed by atoms with van der Waals surface area (Å²) < 4.78 is 42.9. The van der Waals surface area contributed by atoms with Gasteiger partial charge < -0.3 is 15.4 Å². The minimum Gasteiger partial charge on any atom is -0.380 e. The quantitative estimate of drug-likeness (QED) is 0.859. The minimum absolute atomic E-state index is 0.0924. The van der Waals surface area contributed by atoms with Crippen molar-refractivity contribution >= 4 is 11.7 Å². The lowest BCUT2D eigenvalue weighted by Gasteiger charge is -2.24. The Balaban J connectivity index is 1.68. The van der Waals surface area contributed by atoms with Crippen molar-refractivity contribution in [2.45, 2.75) is 12.7 Å². The summed E-state index contributed by atoms with van der Waals surface area (Å²) >= 11 is 0. The molecular weight excluding hydrogens is 289 g/mol. The number of alkyl halides is 3. The van der Waals surface area contributed by atoms with Crippen LogP contribution in [-0.4, -0.2) is 48.2 Å². The van der Waals surface area contributed by atoms with Crippen molar-refractivity contribution in [3.63, 3.8) is 0 Å². The van der Waals surface area contributed by atoms with Gasteiger partial charge in [-0.3, -0.25) is 9.48 Å². The van der Waals surface area contributed by atoms with Crippen LogP contribution in [0.25, 0.3) is 0 Å². The average Bonchev–Trinajstić information content (AvgIpc) is 3.01. The average molecular weight is 304 g/mol. The Kier molecular flexibility index (Phi) is 3.40. The lowest BCUT2D eigenvalue weighted by atomic mass is 9.80. The van der Waals surface area contributed by atoms with Crippen LogP contribution in [0.4, 0.5) is 19.0 Å². The molecule has 21 heavy (non-hydrogen) atoms. The van der Waals surface area contributed by atoms with Crippen molar-refractivity contribution in [3.8, 4) is 0 Å².